The standard InChI is InChI=1S/C16H24N6O3/c1-16(2)13(24)22(15(25)19-16)11-12(23)10-20-6-8-21(9-7-20)14-17-4-3-5-18-14/h3-5,12,23H,6-11H2,1-2H3,(H,19,25)/t12-/m0/s1. The van der Waals surface area contributed by atoms with Crippen molar-refractivity contribution in [2.24, 2.45) is 0 Å². The fourth-order valence-electron chi connectivity index (χ4n) is 3.14. The molecule has 0 bridgehead atoms. The Labute approximate surface area is 146 Å². The van der Waals surface area contributed by atoms with Gasteiger partial charge in [-0.1, -0.05) is 0 Å². The van der Waals surface area contributed by atoms with Crippen molar-refractivity contribution in [2.45, 2.75) is 25.5 Å². The minimum Gasteiger partial charge on any atom is -0.390 e. The van der Waals surface area contributed by atoms with Gasteiger partial charge in [0.1, 0.15) is 5.54 Å². The molecular formula is C16H24N6O3. The number of nitrogens with zero attached hydrogens (tertiary/aromatic N) is 5. The summed E-state index contributed by atoms with van der Waals surface area (Å²) in [5.74, 6) is 0.409. The molecule has 1 aromatic heterocycles. The third-order valence-electron chi connectivity index (χ3n) is 4.51. The van der Waals surface area contributed by atoms with Crippen molar-refractivity contribution in [1.29, 1.82) is 0 Å². The van der Waals surface area contributed by atoms with Crippen LogP contribution in [0.2, 0.25) is 0 Å². The summed E-state index contributed by atoms with van der Waals surface area (Å²) in [5.41, 5.74) is -0.905. The lowest BCUT2D eigenvalue weighted by Crippen LogP contribution is -2.51. The molecule has 0 saturated carbocycles. The Morgan fingerprint density at radius 1 is 1.16 bits per heavy atom. The number of hydrogen-bond donors (Lipinski definition) is 2. The summed E-state index contributed by atoms with van der Waals surface area (Å²) >= 11 is 0. The van der Waals surface area contributed by atoms with Gasteiger partial charge in [0, 0.05) is 45.1 Å². The highest BCUT2D eigenvalue weighted by molar-refractivity contribution is 6.06. The van der Waals surface area contributed by atoms with Crippen molar-refractivity contribution in [2.75, 3.05) is 44.2 Å². The first-order chi connectivity index (χ1) is 11.9. The van der Waals surface area contributed by atoms with Crippen molar-refractivity contribution in [3.05, 3.63) is 18.5 Å². The van der Waals surface area contributed by atoms with E-state index in [2.05, 4.69) is 25.1 Å². The predicted molar refractivity (Wildman–Crippen MR) is 91.0 cm³/mol. The summed E-state index contributed by atoms with van der Waals surface area (Å²) in [6.45, 7) is 6.81. The van der Waals surface area contributed by atoms with Gasteiger partial charge in [-0.15, -0.1) is 0 Å². The fourth-order valence-corrected chi connectivity index (χ4v) is 3.14. The SMILES string of the molecule is CC1(C)NC(=O)N(C[C@@H](O)CN2CCN(c3ncccn3)CC2)C1=O. The Balaban J connectivity index is 1.48. The van der Waals surface area contributed by atoms with E-state index in [0.717, 1.165) is 31.1 Å². The summed E-state index contributed by atoms with van der Waals surface area (Å²) < 4.78 is 0. The monoisotopic (exact) mass is 348 g/mol. The molecule has 0 spiro atoms. The zero-order chi connectivity index (χ0) is 18.0. The number of nitrogens with one attached hydrogen (secondary N) is 1. The summed E-state index contributed by atoms with van der Waals surface area (Å²) in [4.78, 5) is 37.8. The second kappa shape index (κ2) is 6.93. The molecule has 3 heterocycles. The van der Waals surface area contributed by atoms with Gasteiger partial charge in [-0.2, -0.15) is 0 Å². The summed E-state index contributed by atoms with van der Waals surface area (Å²) in [6, 6.07) is 1.34. The van der Waals surface area contributed by atoms with Gasteiger partial charge in [-0.3, -0.25) is 14.6 Å². The lowest BCUT2D eigenvalue weighted by molar-refractivity contribution is -0.131. The van der Waals surface area contributed by atoms with Crippen molar-refractivity contribution >= 4 is 17.9 Å². The molecule has 2 fully saturated rings. The van der Waals surface area contributed by atoms with Gasteiger partial charge in [0.25, 0.3) is 5.91 Å². The molecule has 2 aliphatic heterocycles. The van der Waals surface area contributed by atoms with Gasteiger partial charge in [-0.05, 0) is 19.9 Å². The van der Waals surface area contributed by atoms with Crippen LogP contribution in [0, 0.1) is 0 Å². The van der Waals surface area contributed by atoms with Crippen LogP contribution in [0.3, 0.4) is 0 Å². The lowest BCUT2D eigenvalue weighted by atomic mass is 10.1. The number of aromatic nitrogens is 2. The smallest absolute Gasteiger partial charge is 0.325 e. The van der Waals surface area contributed by atoms with E-state index in [0.29, 0.717) is 12.5 Å². The molecule has 0 unspecified atom stereocenters. The van der Waals surface area contributed by atoms with Crippen molar-refractivity contribution in [3.8, 4) is 0 Å². The van der Waals surface area contributed by atoms with Crippen LogP contribution in [0.4, 0.5) is 10.7 Å². The molecule has 2 N–H and O–H groups in total. The third-order valence-corrected chi connectivity index (χ3v) is 4.51. The van der Waals surface area contributed by atoms with Crippen LogP contribution in [-0.4, -0.2) is 87.7 Å². The molecule has 2 saturated heterocycles. The first-order valence-corrected chi connectivity index (χ1v) is 8.43. The van der Waals surface area contributed by atoms with Crippen LogP contribution in [0.5, 0.6) is 0 Å². The van der Waals surface area contributed by atoms with Crippen molar-refractivity contribution in [3.63, 3.8) is 0 Å². The minimum absolute atomic E-state index is 0.0100. The van der Waals surface area contributed by atoms with Crippen molar-refractivity contribution in [1.82, 2.24) is 25.1 Å². The number of carbonyl (C=O) groups excluding carboxylic acids is 2. The fraction of sp³-hybridized carbons (Fsp3) is 0.625. The third kappa shape index (κ3) is 3.88. The number of aliphatic hydroxyl groups excluding tert-OH is 1. The van der Waals surface area contributed by atoms with E-state index in [9.17, 15) is 14.7 Å². The minimum atomic E-state index is -0.905. The topological polar surface area (TPSA) is 102 Å². The highest BCUT2D eigenvalue weighted by Gasteiger charge is 2.44. The molecule has 2 aliphatic rings. The van der Waals surface area contributed by atoms with E-state index in [4.69, 9.17) is 0 Å². The number of aliphatic hydroxyl groups is 1. The van der Waals surface area contributed by atoms with E-state index in [-0.39, 0.29) is 12.5 Å². The highest BCUT2D eigenvalue weighted by atomic mass is 16.3. The summed E-state index contributed by atoms with van der Waals surface area (Å²) in [6.07, 6.45) is 2.67. The first kappa shape index (κ1) is 17.6. The van der Waals surface area contributed by atoms with Gasteiger partial charge in [0.2, 0.25) is 5.95 Å². The number of anilines is 1. The van der Waals surface area contributed by atoms with E-state index in [1.807, 2.05) is 0 Å². The van der Waals surface area contributed by atoms with Gasteiger partial charge in [-0.25, -0.2) is 14.8 Å². The van der Waals surface area contributed by atoms with Crippen LogP contribution < -0.4 is 10.2 Å². The molecule has 9 nitrogen and oxygen atoms in total. The number of β-amino-alcohol motifs (C(OH)–C–C–N with tert-alkyl or cyclic N) is 1. The van der Waals surface area contributed by atoms with E-state index in [1.165, 1.54) is 0 Å². The number of carbonyl (C=O) groups is 2. The Morgan fingerprint density at radius 3 is 2.36 bits per heavy atom. The number of imide groups is 1. The summed E-state index contributed by atoms with van der Waals surface area (Å²) in [5, 5.41) is 12.9. The quantitative estimate of drug-likeness (QED) is 0.678. The maximum atomic E-state index is 12.2. The van der Waals surface area contributed by atoms with Crippen molar-refractivity contribution < 1.29 is 14.7 Å². The number of piperazine rings is 1. The first-order valence-electron chi connectivity index (χ1n) is 8.43. The molecule has 9 heteroatoms. The molecule has 1 atom stereocenters. The van der Waals surface area contributed by atoms with E-state index >= 15 is 0 Å². The normalized spacial score (nSPS) is 22.2. The Kier molecular flexibility index (Phi) is 4.87. The van der Waals surface area contributed by atoms with Crippen LogP contribution in [0.15, 0.2) is 18.5 Å². The maximum Gasteiger partial charge on any atom is 0.325 e. The molecule has 25 heavy (non-hydrogen) atoms. The molecule has 0 radical (unpaired) electrons. The Hall–Kier alpha value is -2.26. The Bertz CT molecular complexity index is 630. The number of urea groups is 1. The van der Waals surface area contributed by atoms with Crippen LogP contribution in [0.25, 0.3) is 0 Å². The maximum absolute atomic E-state index is 12.2. The lowest BCUT2D eigenvalue weighted by Gasteiger charge is -2.35. The summed E-state index contributed by atoms with van der Waals surface area (Å²) in [7, 11) is 0. The van der Waals surface area contributed by atoms with E-state index in [1.54, 1.807) is 32.3 Å². The average Bonchev–Trinajstić information content (AvgIpc) is 2.78. The zero-order valence-corrected chi connectivity index (χ0v) is 14.6. The van der Waals surface area contributed by atoms with Gasteiger partial charge < -0.3 is 15.3 Å². The van der Waals surface area contributed by atoms with Gasteiger partial charge in [0.05, 0.1) is 12.6 Å². The number of hydrogen-bond acceptors (Lipinski definition) is 7. The molecule has 136 valence electrons. The molecule has 1 aromatic rings. The molecule has 3 rings (SSSR count). The number of amides is 3. The largest absolute Gasteiger partial charge is 0.390 e. The zero-order valence-electron chi connectivity index (χ0n) is 14.6. The molecular weight excluding hydrogens is 324 g/mol. The van der Waals surface area contributed by atoms with E-state index < -0.39 is 17.7 Å². The molecule has 0 aliphatic carbocycles. The Morgan fingerprint density at radius 2 is 1.80 bits per heavy atom. The highest BCUT2D eigenvalue weighted by Crippen LogP contribution is 2.17. The number of rotatable bonds is 5. The van der Waals surface area contributed by atoms with Gasteiger partial charge in [0.15, 0.2) is 0 Å². The van der Waals surface area contributed by atoms with Gasteiger partial charge >= 0.3 is 6.03 Å². The van der Waals surface area contributed by atoms with Crippen LogP contribution >= 0.6 is 0 Å². The molecule has 3 amide bonds. The van der Waals surface area contributed by atoms with Crippen LogP contribution in [-0.2, 0) is 4.79 Å². The second-order valence-electron chi connectivity index (χ2n) is 6.96. The predicted octanol–water partition coefficient (Wildman–Crippen LogP) is -0.710. The molecule has 0 aromatic carbocycles. The van der Waals surface area contributed by atoms with Crippen LogP contribution in [0.1, 0.15) is 13.8 Å². The average molecular weight is 348 g/mol. The second-order valence-corrected chi connectivity index (χ2v) is 6.96.